The minimum absolute atomic E-state index is 0.0586. The van der Waals surface area contributed by atoms with Gasteiger partial charge in [0.2, 0.25) is 5.91 Å². The Balaban J connectivity index is 2.02. The van der Waals surface area contributed by atoms with Gasteiger partial charge in [-0.15, -0.1) is 0 Å². The van der Waals surface area contributed by atoms with E-state index in [1.54, 1.807) is 24.3 Å². The number of rotatable bonds is 5. The standard InChI is InChI=1S/C16H14ClF3N2O2/c1-24-12-5-3-11(4-6-12)21-9-15(23)22-14-7-2-10(17)8-13(14)16(18,19)20/h2-8,21H,9H2,1H3,(H,22,23). The molecule has 0 saturated carbocycles. The molecule has 0 aliphatic carbocycles. The molecule has 2 N–H and O–H groups in total. The van der Waals surface area contributed by atoms with Crippen LogP contribution in [0.1, 0.15) is 5.56 Å². The SMILES string of the molecule is COc1ccc(NCC(=O)Nc2ccc(Cl)cc2C(F)(F)F)cc1. The molecule has 128 valence electrons. The number of hydrogen-bond acceptors (Lipinski definition) is 3. The van der Waals surface area contributed by atoms with Gasteiger partial charge < -0.3 is 15.4 Å². The van der Waals surface area contributed by atoms with Crippen LogP contribution in [0.25, 0.3) is 0 Å². The Labute approximate surface area is 141 Å². The first-order valence-electron chi connectivity index (χ1n) is 6.84. The van der Waals surface area contributed by atoms with Crippen LogP contribution in [0.5, 0.6) is 5.75 Å². The zero-order chi connectivity index (χ0) is 17.7. The molecule has 0 bridgehead atoms. The fraction of sp³-hybridized carbons (Fsp3) is 0.188. The molecule has 0 atom stereocenters. The number of ether oxygens (including phenoxy) is 1. The van der Waals surface area contributed by atoms with E-state index in [-0.39, 0.29) is 17.3 Å². The number of halogens is 4. The van der Waals surface area contributed by atoms with E-state index in [0.717, 1.165) is 12.1 Å². The van der Waals surface area contributed by atoms with Crippen molar-refractivity contribution in [1.82, 2.24) is 0 Å². The molecule has 2 aromatic carbocycles. The monoisotopic (exact) mass is 358 g/mol. The second kappa shape index (κ2) is 7.44. The van der Waals surface area contributed by atoms with Crippen molar-refractivity contribution in [2.45, 2.75) is 6.18 Å². The number of benzene rings is 2. The van der Waals surface area contributed by atoms with Crippen LogP contribution in [0.2, 0.25) is 5.02 Å². The largest absolute Gasteiger partial charge is 0.497 e. The lowest BCUT2D eigenvalue weighted by Crippen LogP contribution is -2.23. The molecule has 2 aromatic rings. The summed E-state index contributed by atoms with van der Waals surface area (Å²) in [5.74, 6) is 0.0413. The number of amides is 1. The predicted octanol–water partition coefficient (Wildman–Crippen LogP) is 4.42. The molecule has 0 radical (unpaired) electrons. The summed E-state index contributed by atoms with van der Waals surface area (Å²) in [5, 5.41) is 4.98. The summed E-state index contributed by atoms with van der Waals surface area (Å²) in [6, 6.07) is 9.95. The zero-order valence-corrected chi connectivity index (χ0v) is 13.3. The van der Waals surface area contributed by atoms with E-state index in [1.165, 1.54) is 13.2 Å². The topological polar surface area (TPSA) is 50.4 Å². The third-order valence-electron chi connectivity index (χ3n) is 3.10. The van der Waals surface area contributed by atoms with Crippen LogP contribution in [0.15, 0.2) is 42.5 Å². The molecule has 0 heterocycles. The lowest BCUT2D eigenvalue weighted by atomic mass is 10.1. The average molecular weight is 359 g/mol. The third-order valence-corrected chi connectivity index (χ3v) is 3.34. The van der Waals surface area contributed by atoms with Crippen LogP contribution >= 0.6 is 11.6 Å². The quantitative estimate of drug-likeness (QED) is 0.832. The molecule has 0 spiro atoms. The highest BCUT2D eigenvalue weighted by Crippen LogP contribution is 2.36. The van der Waals surface area contributed by atoms with Crippen molar-refractivity contribution >= 4 is 28.9 Å². The Kier molecular flexibility index (Phi) is 5.56. The lowest BCUT2D eigenvalue weighted by molar-refractivity contribution is -0.137. The summed E-state index contributed by atoms with van der Waals surface area (Å²) in [6.07, 6.45) is -4.61. The molecule has 0 aliphatic rings. The molecule has 4 nitrogen and oxygen atoms in total. The number of carbonyl (C=O) groups is 1. The van der Waals surface area contributed by atoms with E-state index in [1.807, 2.05) is 0 Å². The Morgan fingerprint density at radius 3 is 2.42 bits per heavy atom. The number of hydrogen-bond donors (Lipinski definition) is 2. The Hall–Kier alpha value is -2.41. The Bertz CT molecular complexity index is 718. The molecule has 0 unspecified atom stereocenters. The summed E-state index contributed by atoms with van der Waals surface area (Å²) in [4.78, 5) is 11.9. The van der Waals surface area contributed by atoms with Gasteiger partial charge in [0.15, 0.2) is 0 Å². The van der Waals surface area contributed by atoms with Gasteiger partial charge in [-0.25, -0.2) is 0 Å². The van der Waals surface area contributed by atoms with Gasteiger partial charge in [0.05, 0.1) is 24.9 Å². The van der Waals surface area contributed by atoms with E-state index < -0.39 is 17.6 Å². The smallest absolute Gasteiger partial charge is 0.418 e. The summed E-state index contributed by atoms with van der Waals surface area (Å²) >= 11 is 5.59. The summed E-state index contributed by atoms with van der Waals surface area (Å²) in [5.41, 5.74) is -0.695. The van der Waals surface area contributed by atoms with Crippen LogP contribution in [0.3, 0.4) is 0 Å². The van der Waals surface area contributed by atoms with Crippen molar-refractivity contribution in [2.24, 2.45) is 0 Å². The van der Waals surface area contributed by atoms with Crippen LogP contribution in [0, 0.1) is 0 Å². The van der Waals surface area contributed by atoms with Crippen molar-refractivity contribution in [3.63, 3.8) is 0 Å². The van der Waals surface area contributed by atoms with Crippen LogP contribution < -0.4 is 15.4 Å². The molecule has 8 heteroatoms. The van der Waals surface area contributed by atoms with Crippen molar-refractivity contribution < 1.29 is 22.7 Å². The maximum absolute atomic E-state index is 13.0. The number of anilines is 2. The van der Waals surface area contributed by atoms with Gasteiger partial charge in [-0.3, -0.25) is 4.79 Å². The molecular formula is C16H14ClF3N2O2. The van der Waals surface area contributed by atoms with Gasteiger partial charge in [-0.05, 0) is 42.5 Å². The van der Waals surface area contributed by atoms with E-state index in [4.69, 9.17) is 16.3 Å². The highest BCUT2D eigenvalue weighted by atomic mass is 35.5. The summed E-state index contributed by atoms with van der Waals surface area (Å²) < 4.78 is 43.9. The van der Waals surface area contributed by atoms with E-state index in [9.17, 15) is 18.0 Å². The maximum Gasteiger partial charge on any atom is 0.418 e. The number of alkyl halides is 3. The van der Waals surface area contributed by atoms with Crippen molar-refractivity contribution in [1.29, 1.82) is 0 Å². The van der Waals surface area contributed by atoms with Gasteiger partial charge in [0.25, 0.3) is 0 Å². The van der Waals surface area contributed by atoms with E-state index >= 15 is 0 Å². The van der Waals surface area contributed by atoms with Crippen molar-refractivity contribution in [2.75, 3.05) is 24.3 Å². The molecule has 24 heavy (non-hydrogen) atoms. The van der Waals surface area contributed by atoms with Gasteiger partial charge in [-0.1, -0.05) is 11.6 Å². The van der Waals surface area contributed by atoms with Crippen LogP contribution in [-0.2, 0) is 11.0 Å². The number of methoxy groups -OCH3 is 1. The fourth-order valence-corrected chi connectivity index (χ4v) is 2.12. The van der Waals surface area contributed by atoms with E-state index in [2.05, 4.69) is 10.6 Å². The predicted molar refractivity (Wildman–Crippen MR) is 86.6 cm³/mol. The zero-order valence-electron chi connectivity index (χ0n) is 12.6. The second-order valence-electron chi connectivity index (χ2n) is 4.82. The van der Waals surface area contributed by atoms with Crippen molar-refractivity contribution in [3.05, 3.63) is 53.1 Å². The molecule has 0 aromatic heterocycles. The molecule has 2 rings (SSSR count). The first kappa shape index (κ1) is 17.9. The highest BCUT2D eigenvalue weighted by molar-refractivity contribution is 6.30. The third kappa shape index (κ3) is 4.79. The minimum Gasteiger partial charge on any atom is -0.497 e. The van der Waals surface area contributed by atoms with Gasteiger partial charge in [0, 0.05) is 10.7 Å². The van der Waals surface area contributed by atoms with Gasteiger partial charge >= 0.3 is 6.18 Å². The number of nitrogens with one attached hydrogen (secondary N) is 2. The van der Waals surface area contributed by atoms with Gasteiger partial charge in [-0.2, -0.15) is 13.2 Å². The summed E-state index contributed by atoms with van der Waals surface area (Å²) in [7, 11) is 1.53. The first-order valence-corrected chi connectivity index (χ1v) is 7.22. The molecule has 1 amide bonds. The molecule has 0 fully saturated rings. The normalized spacial score (nSPS) is 11.0. The van der Waals surface area contributed by atoms with E-state index in [0.29, 0.717) is 11.4 Å². The Morgan fingerprint density at radius 1 is 1.17 bits per heavy atom. The second-order valence-corrected chi connectivity index (χ2v) is 5.25. The van der Waals surface area contributed by atoms with Crippen LogP contribution in [-0.4, -0.2) is 19.6 Å². The number of carbonyl (C=O) groups excluding carboxylic acids is 1. The summed E-state index contributed by atoms with van der Waals surface area (Å²) in [6.45, 7) is -0.188. The Morgan fingerprint density at radius 2 is 1.83 bits per heavy atom. The lowest BCUT2D eigenvalue weighted by Gasteiger charge is -2.14. The fourth-order valence-electron chi connectivity index (χ4n) is 1.95. The molecule has 0 aliphatic heterocycles. The molecular weight excluding hydrogens is 345 g/mol. The minimum atomic E-state index is -4.61. The van der Waals surface area contributed by atoms with Crippen molar-refractivity contribution in [3.8, 4) is 5.75 Å². The first-order chi connectivity index (χ1) is 11.3. The molecule has 0 saturated heterocycles. The van der Waals surface area contributed by atoms with Gasteiger partial charge in [0.1, 0.15) is 5.75 Å². The average Bonchev–Trinajstić information content (AvgIpc) is 2.54. The maximum atomic E-state index is 13.0. The highest BCUT2D eigenvalue weighted by Gasteiger charge is 2.34. The van der Waals surface area contributed by atoms with Crippen LogP contribution in [0.4, 0.5) is 24.5 Å².